The van der Waals surface area contributed by atoms with Crippen molar-refractivity contribution in [3.8, 4) is 28.7 Å². The van der Waals surface area contributed by atoms with E-state index in [-0.39, 0.29) is 24.0 Å². The lowest BCUT2D eigenvalue weighted by Crippen LogP contribution is -2.31. The van der Waals surface area contributed by atoms with E-state index < -0.39 is 0 Å². The number of carbonyl (C=O) groups excluding carboxylic acids is 1. The Morgan fingerprint density at radius 1 is 0.947 bits per heavy atom. The fourth-order valence-corrected chi connectivity index (χ4v) is 4.13. The lowest BCUT2D eigenvalue weighted by Gasteiger charge is -2.24. The van der Waals surface area contributed by atoms with Gasteiger partial charge in [-0.3, -0.25) is 4.98 Å². The van der Waals surface area contributed by atoms with Crippen molar-refractivity contribution >= 4 is 22.6 Å². The van der Waals surface area contributed by atoms with Crippen LogP contribution >= 0.6 is 0 Å². The van der Waals surface area contributed by atoms with Crippen LogP contribution in [0.2, 0.25) is 0 Å². The molecular weight excluding hydrogens is 489 g/mol. The molecule has 4 aromatic rings. The van der Waals surface area contributed by atoms with Gasteiger partial charge in [-0.2, -0.15) is 0 Å². The minimum Gasteiger partial charge on any atom is -0.487 e. The molecule has 0 saturated carbocycles. The summed E-state index contributed by atoms with van der Waals surface area (Å²) in [5.41, 5.74) is 2.05. The van der Waals surface area contributed by atoms with Crippen molar-refractivity contribution in [3.63, 3.8) is 0 Å². The lowest BCUT2D eigenvalue weighted by atomic mass is 10.1. The number of hydrogen-bond acceptors (Lipinski definition) is 6. The predicted molar refractivity (Wildman–Crippen MR) is 142 cm³/mol. The number of halogens is 1. The normalized spacial score (nSPS) is 13.2. The van der Waals surface area contributed by atoms with Crippen LogP contribution in [-0.2, 0) is 0 Å². The van der Waals surface area contributed by atoms with Crippen molar-refractivity contribution in [2.75, 3.05) is 18.5 Å². The molecule has 2 N–H and O–H groups in total. The highest BCUT2D eigenvalue weighted by Gasteiger charge is 2.25. The topological polar surface area (TPSA) is 90.9 Å². The third kappa shape index (κ3) is 5.56. The van der Waals surface area contributed by atoms with Crippen LogP contribution in [-0.4, -0.2) is 30.3 Å². The van der Waals surface area contributed by atoms with Gasteiger partial charge in [-0.25, -0.2) is 9.18 Å². The van der Waals surface area contributed by atoms with Crippen LogP contribution in [0.3, 0.4) is 0 Å². The second-order valence-corrected chi connectivity index (χ2v) is 9.10. The molecule has 38 heavy (non-hydrogen) atoms. The van der Waals surface area contributed by atoms with Crippen LogP contribution in [0, 0.1) is 5.82 Å². The van der Waals surface area contributed by atoms with Gasteiger partial charge >= 0.3 is 6.03 Å². The molecule has 2 amide bonds. The summed E-state index contributed by atoms with van der Waals surface area (Å²) >= 11 is 0. The molecule has 2 heterocycles. The third-order valence-electron chi connectivity index (χ3n) is 5.86. The number of pyridine rings is 1. The Morgan fingerprint density at radius 3 is 2.37 bits per heavy atom. The zero-order chi connectivity index (χ0) is 26.6. The van der Waals surface area contributed by atoms with Crippen molar-refractivity contribution in [1.29, 1.82) is 0 Å². The minimum atomic E-state index is -0.376. The molecule has 0 unspecified atom stereocenters. The summed E-state index contributed by atoms with van der Waals surface area (Å²) in [6.45, 7) is 6.55. The molecule has 1 aliphatic heterocycles. The van der Waals surface area contributed by atoms with Crippen molar-refractivity contribution in [2.24, 2.45) is 0 Å². The first kappa shape index (κ1) is 25.1. The van der Waals surface area contributed by atoms with Gasteiger partial charge in [0.2, 0.25) is 5.75 Å². The maximum absolute atomic E-state index is 13.1. The van der Waals surface area contributed by atoms with Crippen LogP contribution in [0.15, 0.2) is 66.9 Å². The Balaban J connectivity index is 1.31. The zero-order valence-electron chi connectivity index (χ0n) is 21.3. The van der Waals surface area contributed by atoms with E-state index in [9.17, 15) is 9.18 Å². The number of ether oxygens (including phenoxy) is 4. The summed E-state index contributed by atoms with van der Waals surface area (Å²) in [6.07, 6.45) is 1.62. The highest BCUT2D eigenvalue weighted by atomic mass is 19.1. The van der Waals surface area contributed by atoms with Crippen molar-refractivity contribution in [2.45, 2.75) is 32.9 Å². The SMILES string of the molecule is CC(C)Oc1cc2nccc(Oc3ccc(NC(=O)N[C@H](C)c4ccc(F)cc4)cc3)c2c2c1OCCO2. The molecule has 3 aromatic carbocycles. The quantitative estimate of drug-likeness (QED) is 0.287. The van der Waals surface area contributed by atoms with E-state index in [4.69, 9.17) is 18.9 Å². The smallest absolute Gasteiger partial charge is 0.319 e. The fourth-order valence-electron chi connectivity index (χ4n) is 4.13. The molecule has 0 fully saturated rings. The molecule has 8 nitrogen and oxygen atoms in total. The first-order valence-electron chi connectivity index (χ1n) is 12.4. The van der Waals surface area contributed by atoms with Gasteiger partial charge in [0.05, 0.1) is 23.0 Å². The predicted octanol–water partition coefficient (Wildman–Crippen LogP) is 6.61. The number of benzene rings is 3. The van der Waals surface area contributed by atoms with Gasteiger partial charge in [0.25, 0.3) is 0 Å². The summed E-state index contributed by atoms with van der Waals surface area (Å²) < 4.78 is 37.1. The largest absolute Gasteiger partial charge is 0.487 e. The number of aromatic nitrogens is 1. The summed E-state index contributed by atoms with van der Waals surface area (Å²) in [6, 6.07) is 15.9. The summed E-state index contributed by atoms with van der Waals surface area (Å²) in [5, 5.41) is 6.32. The number of carbonyl (C=O) groups is 1. The Morgan fingerprint density at radius 2 is 1.66 bits per heavy atom. The van der Waals surface area contributed by atoms with Gasteiger partial charge in [0.15, 0.2) is 11.5 Å². The van der Waals surface area contributed by atoms with Crippen LogP contribution in [0.4, 0.5) is 14.9 Å². The molecule has 0 saturated heterocycles. The molecule has 5 rings (SSSR count). The second kappa shape index (κ2) is 10.8. The molecule has 9 heteroatoms. The number of nitrogens with one attached hydrogen (secondary N) is 2. The molecular formula is C29H28FN3O5. The van der Waals surface area contributed by atoms with Crippen LogP contribution in [0.5, 0.6) is 28.7 Å². The molecule has 0 spiro atoms. The van der Waals surface area contributed by atoms with Crippen molar-refractivity contribution < 1.29 is 28.1 Å². The highest BCUT2D eigenvalue weighted by Crippen LogP contribution is 2.48. The van der Waals surface area contributed by atoms with Gasteiger partial charge < -0.3 is 29.6 Å². The molecule has 0 radical (unpaired) electrons. The number of nitrogens with zero attached hydrogens (tertiary/aromatic N) is 1. The monoisotopic (exact) mass is 517 g/mol. The van der Waals surface area contributed by atoms with E-state index in [2.05, 4.69) is 15.6 Å². The second-order valence-electron chi connectivity index (χ2n) is 9.10. The van der Waals surface area contributed by atoms with E-state index >= 15 is 0 Å². The number of rotatable bonds is 7. The summed E-state index contributed by atoms with van der Waals surface area (Å²) in [5.74, 6) is 2.46. The standard InChI is InChI=1S/C29H28FN3O5/c1-17(2)37-25-16-23-26(28-27(25)35-14-15-36-28)24(12-13-31-23)38-22-10-8-21(9-11-22)33-29(34)32-18(3)19-4-6-20(30)7-5-19/h4-13,16-18H,14-15H2,1-3H3,(H2,32,33,34)/t18-/m1/s1. The Bertz CT molecular complexity index is 1440. The van der Waals surface area contributed by atoms with Gasteiger partial charge in [-0.15, -0.1) is 0 Å². The van der Waals surface area contributed by atoms with Gasteiger partial charge in [-0.05, 0) is 68.8 Å². The Hall–Kier alpha value is -4.53. The number of urea groups is 1. The van der Waals surface area contributed by atoms with Crippen LogP contribution < -0.4 is 29.6 Å². The first-order chi connectivity index (χ1) is 18.4. The fraction of sp³-hybridized carbons (Fsp3) is 0.241. The lowest BCUT2D eigenvalue weighted by molar-refractivity contribution is 0.157. The zero-order valence-corrected chi connectivity index (χ0v) is 21.3. The first-order valence-corrected chi connectivity index (χ1v) is 12.4. The maximum atomic E-state index is 13.1. The van der Waals surface area contributed by atoms with Crippen molar-refractivity contribution in [1.82, 2.24) is 10.3 Å². The third-order valence-corrected chi connectivity index (χ3v) is 5.86. The van der Waals surface area contributed by atoms with Gasteiger partial charge in [-0.1, -0.05) is 12.1 Å². The van der Waals surface area contributed by atoms with E-state index in [0.29, 0.717) is 58.6 Å². The van der Waals surface area contributed by atoms with E-state index in [1.807, 2.05) is 26.8 Å². The van der Waals surface area contributed by atoms with Crippen LogP contribution in [0.25, 0.3) is 10.9 Å². The molecule has 0 bridgehead atoms. The molecule has 0 aliphatic carbocycles. The van der Waals surface area contributed by atoms with Gasteiger partial charge in [0, 0.05) is 18.0 Å². The van der Waals surface area contributed by atoms with Crippen molar-refractivity contribution in [3.05, 3.63) is 78.2 Å². The van der Waals surface area contributed by atoms with E-state index in [1.165, 1.54) is 12.1 Å². The van der Waals surface area contributed by atoms with E-state index in [1.54, 1.807) is 48.7 Å². The summed E-state index contributed by atoms with van der Waals surface area (Å²) in [7, 11) is 0. The number of fused-ring (bicyclic) bond motifs is 3. The summed E-state index contributed by atoms with van der Waals surface area (Å²) in [4.78, 5) is 16.9. The average Bonchev–Trinajstić information content (AvgIpc) is 2.90. The molecule has 1 aromatic heterocycles. The van der Waals surface area contributed by atoms with E-state index in [0.717, 1.165) is 5.56 Å². The van der Waals surface area contributed by atoms with Crippen LogP contribution in [0.1, 0.15) is 32.4 Å². The maximum Gasteiger partial charge on any atom is 0.319 e. The Labute approximate surface area is 219 Å². The number of anilines is 1. The minimum absolute atomic E-state index is 0.0400. The Kier molecular flexibility index (Phi) is 7.17. The number of hydrogen-bond donors (Lipinski definition) is 2. The van der Waals surface area contributed by atoms with Gasteiger partial charge in [0.1, 0.15) is 30.5 Å². The molecule has 1 aliphatic rings. The average molecular weight is 518 g/mol. The highest BCUT2D eigenvalue weighted by molar-refractivity contribution is 5.95. The molecule has 1 atom stereocenters. The molecule has 196 valence electrons. The number of amides is 2.